The molecule has 3 aromatic rings. The van der Waals surface area contributed by atoms with Crippen molar-refractivity contribution in [2.45, 2.75) is 38.7 Å². The number of hydrogen-bond acceptors (Lipinski definition) is 10. The van der Waals surface area contributed by atoms with Gasteiger partial charge in [-0.15, -0.1) is 0 Å². The summed E-state index contributed by atoms with van der Waals surface area (Å²) in [6.45, 7) is 4.69. The minimum Gasteiger partial charge on any atom is -0.475 e. The summed E-state index contributed by atoms with van der Waals surface area (Å²) in [5, 5.41) is 7.33. The fourth-order valence-electron chi connectivity index (χ4n) is 4.22. The topological polar surface area (TPSA) is 114 Å². The van der Waals surface area contributed by atoms with Crippen LogP contribution in [0.2, 0.25) is 0 Å². The van der Waals surface area contributed by atoms with E-state index in [1.807, 2.05) is 30.3 Å². The fourth-order valence-corrected chi connectivity index (χ4v) is 4.22. The Balaban J connectivity index is 1.20. The number of rotatable bonds is 10. The van der Waals surface area contributed by atoms with E-state index < -0.39 is 0 Å². The number of aromatic nitrogens is 2. The quantitative estimate of drug-likeness (QED) is 0.418. The van der Waals surface area contributed by atoms with Crippen LogP contribution in [-0.4, -0.2) is 49.3 Å². The van der Waals surface area contributed by atoms with Gasteiger partial charge in [0.05, 0.1) is 32.8 Å². The highest BCUT2D eigenvalue weighted by molar-refractivity contribution is 5.70. The van der Waals surface area contributed by atoms with E-state index in [-0.39, 0.29) is 25.1 Å². The molecule has 0 amide bonds. The molecule has 0 bridgehead atoms. The van der Waals surface area contributed by atoms with Gasteiger partial charge in [0.2, 0.25) is 6.79 Å². The molecular weight excluding hydrogens is 466 g/mol. The maximum atomic E-state index is 12.3. The predicted molar refractivity (Wildman–Crippen MR) is 128 cm³/mol. The van der Waals surface area contributed by atoms with Crippen LogP contribution in [0.25, 0.3) is 0 Å². The minimum atomic E-state index is -0.273. The van der Waals surface area contributed by atoms with E-state index in [0.717, 1.165) is 29.2 Å². The lowest BCUT2D eigenvalue weighted by Gasteiger charge is -2.15. The molecule has 10 heteroatoms. The Morgan fingerprint density at radius 2 is 2.08 bits per heavy atom. The fraction of sp³-hybridized carbons (Fsp3) is 0.423. The van der Waals surface area contributed by atoms with Gasteiger partial charge in [-0.1, -0.05) is 12.1 Å². The van der Waals surface area contributed by atoms with Crippen LogP contribution in [0, 0.1) is 0 Å². The largest absolute Gasteiger partial charge is 0.475 e. The van der Waals surface area contributed by atoms with Crippen LogP contribution in [0.5, 0.6) is 17.4 Å². The minimum absolute atomic E-state index is 0.181. The van der Waals surface area contributed by atoms with Crippen molar-refractivity contribution in [3.63, 3.8) is 0 Å². The highest BCUT2D eigenvalue weighted by Crippen LogP contribution is 2.36. The average Bonchev–Trinajstić information content (AvgIpc) is 3.47. The summed E-state index contributed by atoms with van der Waals surface area (Å²) in [4.78, 5) is 16.9. The molecule has 0 saturated heterocycles. The van der Waals surface area contributed by atoms with Crippen LogP contribution in [-0.2, 0) is 33.7 Å². The maximum absolute atomic E-state index is 12.3. The van der Waals surface area contributed by atoms with Gasteiger partial charge < -0.3 is 33.5 Å². The summed E-state index contributed by atoms with van der Waals surface area (Å²) in [6.07, 6.45) is 1.28. The number of fused-ring (bicyclic) bond motifs is 2. The number of nitrogens with one attached hydrogen (secondary N) is 1. The third kappa shape index (κ3) is 5.88. The molecule has 10 nitrogen and oxygen atoms in total. The number of anilines is 1. The molecule has 0 spiro atoms. The Bertz CT molecular complexity index is 1200. The molecule has 0 fully saturated rings. The van der Waals surface area contributed by atoms with Crippen molar-refractivity contribution in [3.05, 3.63) is 59.0 Å². The molecule has 0 radical (unpaired) electrons. The molecule has 2 aromatic heterocycles. The first-order chi connectivity index (χ1) is 17.7. The molecule has 1 N–H and O–H groups in total. The Kier molecular flexibility index (Phi) is 7.51. The molecule has 4 heterocycles. The molecule has 5 rings (SSSR count). The molecule has 190 valence electrons. The van der Waals surface area contributed by atoms with Crippen LogP contribution >= 0.6 is 0 Å². The molecule has 0 saturated carbocycles. The van der Waals surface area contributed by atoms with E-state index in [9.17, 15) is 4.79 Å². The third-order valence-electron chi connectivity index (χ3n) is 6.01. The highest BCUT2D eigenvalue weighted by atomic mass is 16.7. The Labute approximate surface area is 208 Å². The number of carbonyl (C=O) groups excluding carboxylic acids is 1. The first-order valence-corrected chi connectivity index (χ1v) is 12.1. The Morgan fingerprint density at radius 1 is 1.17 bits per heavy atom. The summed E-state index contributed by atoms with van der Waals surface area (Å²) in [6, 6.07) is 11.5. The maximum Gasteiger partial charge on any atom is 0.306 e. The van der Waals surface area contributed by atoms with Crippen molar-refractivity contribution >= 4 is 11.8 Å². The summed E-state index contributed by atoms with van der Waals surface area (Å²) in [5.74, 6) is 2.78. The first kappa shape index (κ1) is 23.9. The molecule has 2 aliphatic heterocycles. The van der Waals surface area contributed by atoms with Crippen LogP contribution < -0.4 is 19.5 Å². The summed E-state index contributed by atoms with van der Waals surface area (Å²) >= 11 is 0. The van der Waals surface area contributed by atoms with Gasteiger partial charge in [0.1, 0.15) is 11.6 Å². The first-order valence-electron chi connectivity index (χ1n) is 12.1. The molecule has 2 aliphatic rings. The van der Waals surface area contributed by atoms with Gasteiger partial charge in [0.25, 0.3) is 5.88 Å². The Hall–Kier alpha value is -3.79. The molecular formula is C26H29N3O7. The van der Waals surface area contributed by atoms with Gasteiger partial charge >= 0.3 is 5.97 Å². The predicted octanol–water partition coefficient (Wildman–Crippen LogP) is 3.64. The van der Waals surface area contributed by atoms with E-state index in [2.05, 4.69) is 15.5 Å². The second kappa shape index (κ2) is 11.3. The SMILES string of the molecule is CCOC(=O)CC(Cc1cc(OCCc2ccc3c(n2)NCCOC3)no1)c1ccc2c(c1)OCO2. The summed E-state index contributed by atoms with van der Waals surface area (Å²) in [5.41, 5.74) is 2.90. The van der Waals surface area contributed by atoms with E-state index in [1.54, 1.807) is 13.0 Å². The van der Waals surface area contributed by atoms with Gasteiger partial charge in [0, 0.05) is 42.6 Å². The van der Waals surface area contributed by atoms with Crippen LogP contribution in [0.3, 0.4) is 0 Å². The normalized spacial score (nSPS) is 14.9. The van der Waals surface area contributed by atoms with Crippen molar-refractivity contribution in [1.29, 1.82) is 0 Å². The van der Waals surface area contributed by atoms with Crippen molar-refractivity contribution in [2.24, 2.45) is 0 Å². The van der Waals surface area contributed by atoms with Crippen LogP contribution in [0.15, 0.2) is 40.9 Å². The van der Waals surface area contributed by atoms with E-state index in [4.69, 9.17) is 28.2 Å². The monoisotopic (exact) mass is 495 g/mol. The van der Waals surface area contributed by atoms with Gasteiger partial charge in [0.15, 0.2) is 11.5 Å². The zero-order valence-corrected chi connectivity index (χ0v) is 20.2. The van der Waals surface area contributed by atoms with Gasteiger partial charge in [-0.25, -0.2) is 4.98 Å². The zero-order chi connectivity index (χ0) is 24.7. The lowest BCUT2D eigenvalue weighted by Crippen LogP contribution is -2.12. The lowest BCUT2D eigenvalue weighted by molar-refractivity contribution is -0.143. The van der Waals surface area contributed by atoms with E-state index in [1.165, 1.54) is 0 Å². The number of hydrogen-bond donors (Lipinski definition) is 1. The van der Waals surface area contributed by atoms with Gasteiger partial charge in [-0.3, -0.25) is 4.79 Å². The van der Waals surface area contributed by atoms with Gasteiger partial charge in [-0.05, 0) is 35.8 Å². The second-order valence-corrected chi connectivity index (χ2v) is 8.54. The lowest BCUT2D eigenvalue weighted by atomic mass is 9.91. The molecule has 1 aromatic carbocycles. The number of nitrogens with zero attached hydrogens (tertiary/aromatic N) is 2. The van der Waals surface area contributed by atoms with E-state index >= 15 is 0 Å². The molecule has 1 unspecified atom stereocenters. The van der Waals surface area contributed by atoms with E-state index in [0.29, 0.717) is 62.4 Å². The Morgan fingerprint density at radius 3 is 3.00 bits per heavy atom. The standard InChI is InChI=1S/C26H29N3O7/c1-2-32-25(30)13-19(17-4-6-22-23(12-17)35-16-34-22)11-21-14-24(29-36-21)33-9-7-20-5-3-18-15-31-10-8-27-26(18)28-20/h3-6,12,14,19H,2,7-11,13,15-16H2,1H3,(H,27,28). The number of pyridine rings is 1. The molecule has 0 aliphatic carbocycles. The number of carbonyl (C=O) groups is 1. The molecule has 1 atom stereocenters. The smallest absolute Gasteiger partial charge is 0.306 e. The average molecular weight is 496 g/mol. The van der Waals surface area contributed by atoms with Crippen LogP contribution in [0.4, 0.5) is 5.82 Å². The third-order valence-corrected chi connectivity index (χ3v) is 6.01. The summed E-state index contributed by atoms with van der Waals surface area (Å²) in [7, 11) is 0. The van der Waals surface area contributed by atoms with Crippen molar-refractivity contribution < 1.29 is 33.0 Å². The number of ether oxygens (including phenoxy) is 5. The highest BCUT2D eigenvalue weighted by Gasteiger charge is 2.23. The van der Waals surface area contributed by atoms with Crippen molar-refractivity contribution in [1.82, 2.24) is 10.1 Å². The van der Waals surface area contributed by atoms with Crippen molar-refractivity contribution in [3.8, 4) is 17.4 Å². The summed E-state index contributed by atoms with van der Waals surface area (Å²) < 4.78 is 32.9. The number of benzene rings is 1. The molecule has 36 heavy (non-hydrogen) atoms. The van der Waals surface area contributed by atoms with Gasteiger partial charge in [-0.2, -0.15) is 0 Å². The van der Waals surface area contributed by atoms with Crippen LogP contribution in [0.1, 0.15) is 41.8 Å². The zero-order valence-electron chi connectivity index (χ0n) is 20.2. The second-order valence-electron chi connectivity index (χ2n) is 8.54. The van der Waals surface area contributed by atoms with Crippen molar-refractivity contribution in [2.75, 3.05) is 38.5 Å². The number of esters is 1.